The Hall–Kier alpha value is -3.13. The summed E-state index contributed by atoms with van der Waals surface area (Å²) in [5.74, 6) is -1.91. The largest absolute Gasteiger partial charge is 0.310 e. The van der Waals surface area contributed by atoms with Gasteiger partial charge in [-0.15, -0.1) is 0 Å². The van der Waals surface area contributed by atoms with E-state index in [0.29, 0.717) is 22.2 Å². The van der Waals surface area contributed by atoms with Crippen molar-refractivity contribution in [2.24, 2.45) is 0 Å². The number of aryl methyl sites for hydroxylation is 2. The van der Waals surface area contributed by atoms with Gasteiger partial charge >= 0.3 is 0 Å². The molecule has 1 aliphatic heterocycles. The number of carbonyl (C=O) groups excluding carboxylic acids is 1. The van der Waals surface area contributed by atoms with E-state index in [0.717, 1.165) is 33.5 Å². The second-order valence-electron chi connectivity index (χ2n) is 7.21. The topological polar surface area (TPSA) is 59.8 Å². The van der Waals surface area contributed by atoms with Crippen LogP contribution >= 0.6 is 11.3 Å². The molecule has 8 heteroatoms. The van der Waals surface area contributed by atoms with Crippen LogP contribution in [-0.4, -0.2) is 20.7 Å². The number of nitrogens with one attached hydrogen (secondary N) is 1. The van der Waals surface area contributed by atoms with Crippen LogP contribution in [0.25, 0.3) is 15.3 Å². The van der Waals surface area contributed by atoms with Crippen molar-refractivity contribution >= 4 is 33.3 Å². The van der Waals surface area contributed by atoms with Crippen LogP contribution < -0.4 is 5.32 Å². The number of hydrogen-bond donors (Lipinski definition) is 1. The molecule has 0 aliphatic carbocycles. The summed E-state index contributed by atoms with van der Waals surface area (Å²) in [6.45, 7) is 3.86. The van der Waals surface area contributed by atoms with Gasteiger partial charge in [0.2, 0.25) is 11.0 Å². The molecule has 1 unspecified atom stereocenters. The Morgan fingerprint density at radius 2 is 1.97 bits per heavy atom. The summed E-state index contributed by atoms with van der Waals surface area (Å²) in [6.07, 6.45) is 0.143. The lowest BCUT2D eigenvalue weighted by atomic mass is 9.86. The highest BCUT2D eigenvalue weighted by molar-refractivity contribution is 7.20. The monoisotopic (exact) mass is 410 g/mol. The summed E-state index contributed by atoms with van der Waals surface area (Å²) in [4.78, 5) is 17.1. The first-order chi connectivity index (χ1) is 13.9. The van der Waals surface area contributed by atoms with Crippen molar-refractivity contribution in [1.29, 1.82) is 0 Å². The summed E-state index contributed by atoms with van der Waals surface area (Å²) in [6, 6.07) is 9.77. The molecule has 1 amide bonds. The maximum absolute atomic E-state index is 13.8. The fourth-order valence-corrected chi connectivity index (χ4v) is 4.83. The molecule has 3 heterocycles. The molecule has 5 rings (SSSR count). The zero-order valence-corrected chi connectivity index (χ0v) is 16.5. The normalized spacial score (nSPS) is 16.1. The van der Waals surface area contributed by atoms with E-state index in [4.69, 9.17) is 0 Å². The predicted octanol–water partition coefficient (Wildman–Crippen LogP) is 4.85. The Morgan fingerprint density at radius 1 is 1.14 bits per heavy atom. The summed E-state index contributed by atoms with van der Waals surface area (Å²) in [5, 5.41) is 8.14. The van der Waals surface area contributed by atoms with Crippen LogP contribution in [0.3, 0.4) is 0 Å². The molecular formula is C21H16F2N4OS. The van der Waals surface area contributed by atoms with E-state index in [1.807, 2.05) is 26.0 Å². The van der Waals surface area contributed by atoms with Gasteiger partial charge in [-0.25, -0.2) is 13.8 Å². The first kappa shape index (κ1) is 17.9. The molecule has 0 saturated carbocycles. The number of benzene rings is 2. The molecule has 0 radical (unpaired) electrons. The van der Waals surface area contributed by atoms with Crippen molar-refractivity contribution in [3.05, 3.63) is 70.4 Å². The van der Waals surface area contributed by atoms with Crippen molar-refractivity contribution in [3.63, 3.8) is 0 Å². The Kier molecular flexibility index (Phi) is 3.99. The molecular weight excluding hydrogens is 394 g/mol. The molecule has 29 heavy (non-hydrogen) atoms. The van der Waals surface area contributed by atoms with Gasteiger partial charge in [0.1, 0.15) is 5.82 Å². The van der Waals surface area contributed by atoms with Crippen molar-refractivity contribution in [2.75, 3.05) is 5.32 Å². The fourth-order valence-electron chi connectivity index (χ4n) is 3.81. The van der Waals surface area contributed by atoms with Crippen LogP contribution in [0.4, 0.5) is 14.6 Å². The van der Waals surface area contributed by atoms with Gasteiger partial charge in [0, 0.05) is 17.9 Å². The summed E-state index contributed by atoms with van der Waals surface area (Å²) < 4.78 is 29.9. The number of halogens is 2. The van der Waals surface area contributed by atoms with Crippen LogP contribution in [0.1, 0.15) is 34.7 Å². The molecule has 146 valence electrons. The maximum Gasteiger partial charge on any atom is 0.226 e. The third-order valence-corrected chi connectivity index (χ3v) is 6.16. The summed E-state index contributed by atoms with van der Waals surface area (Å²) in [7, 11) is 0. The van der Waals surface area contributed by atoms with Crippen LogP contribution in [0, 0.1) is 25.5 Å². The van der Waals surface area contributed by atoms with E-state index in [1.54, 1.807) is 4.68 Å². The number of aromatic nitrogens is 3. The van der Waals surface area contributed by atoms with Gasteiger partial charge in [0.25, 0.3) is 0 Å². The van der Waals surface area contributed by atoms with E-state index in [9.17, 15) is 13.6 Å². The standard InChI is InChI=1S/C21H16F2N4OS/c1-10-3-6-16-17(7-10)29-21(24-16)27-20-19(11(2)26-27)13(9-18(28)25-20)12-4-5-14(22)15(23)8-12/h3-8,13H,9H2,1-2H3,(H,25,28). The van der Waals surface area contributed by atoms with Crippen molar-refractivity contribution in [3.8, 4) is 5.13 Å². The van der Waals surface area contributed by atoms with Gasteiger partial charge in [-0.3, -0.25) is 4.79 Å². The Balaban J connectivity index is 1.67. The second kappa shape index (κ2) is 6.45. The molecule has 0 saturated heterocycles. The molecule has 0 spiro atoms. The molecule has 0 fully saturated rings. The first-order valence-electron chi connectivity index (χ1n) is 9.12. The number of anilines is 1. The van der Waals surface area contributed by atoms with Gasteiger partial charge in [0.05, 0.1) is 15.9 Å². The minimum absolute atomic E-state index is 0.143. The number of nitrogens with zero attached hydrogens (tertiary/aromatic N) is 3. The molecule has 4 aromatic rings. The Labute approximate surface area is 169 Å². The van der Waals surface area contributed by atoms with Gasteiger partial charge in [0.15, 0.2) is 11.6 Å². The smallest absolute Gasteiger partial charge is 0.226 e. The fraction of sp³-hybridized carbons (Fsp3) is 0.190. The molecule has 1 atom stereocenters. The highest BCUT2D eigenvalue weighted by Gasteiger charge is 2.33. The lowest BCUT2D eigenvalue weighted by Crippen LogP contribution is -2.25. The van der Waals surface area contributed by atoms with E-state index in [-0.39, 0.29) is 12.3 Å². The Morgan fingerprint density at radius 3 is 2.76 bits per heavy atom. The second-order valence-corrected chi connectivity index (χ2v) is 8.21. The van der Waals surface area contributed by atoms with Crippen molar-refractivity contribution in [2.45, 2.75) is 26.2 Å². The SMILES string of the molecule is Cc1ccc2nc(-n3nc(C)c4c3NC(=O)CC4c3ccc(F)c(F)c3)sc2c1. The predicted molar refractivity (Wildman–Crippen MR) is 108 cm³/mol. The van der Waals surface area contributed by atoms with Gasteiger partial charge in [-0.2, -0.15) is 9.78 Å². The van der Waals surface area contributed by atoms with Gasteiger partial charge < -0.3 is 5.32 Å². The number of hydrogen-bond acceptors (Lipinski definition) is 4. The highest BCUT2D eigenvalue weighted by Crippen LogP contribution is 2.41. The average molecular weight is 410 g/mol. The number of rotatable bonds is 2. The van der Waals surface area contributed by atoms with Crippen molar-refractivity contribution < 1.29 is 13.6 Å². The molecule has 1 aliphatic rings. The summed E-state index contributed by atoms with van der Waals surface area (Å²) >= 11 is 1.48. The first-order valence-corrected chi connectivity index (χ1v) is 9.94. The van der Waals surface area contributed by atoms with E-state index in [1.165, 1.54) is 17.4 Å². The lowest BCUT2D eigenvalue weighted by molar-refractivity contribution is -0.116. The minimum atomic E-state index is -0.929. The molecule has 2 aromatic heterocycles. The lowest BCUT2D eigenvalue weighted by Gasteiger charge is -2.24. The number of carbonyl (C=O) groups is 1. The molecule has 5 nitrogen and oxygen atoms in total. The highest BCUT2D eigenvalue weighted by atomic mass is 32.1. The minimum Gasteiger partial charge on any atom is -0.310 e. The van der Waals surface area contributed by atoms with Crippen LogP contribution in [0.15, 0.2) is 36.4 Å². The quantitative estimate of drug-likeness (QED) is 0.514. The molecule has 1 N–H and O–H groups in total. The average Bonchev–Trinajstić information content (AvgIpc) is 3.24. The summed E-state index contributed by atoms with van der Waals surface area (Å²) in [5.41, 5.74) is 4.05. The van der Waals surface area contributed by atoms with Crippen LogP contribution in [0.2, 0.25) is 0 Å². The number of thiazole rings is 1. The zero-order chi connectivity index (χ0) is 20.3. The van der Waals surface area contributed by atoms with Crippen LogP contribution in [-0.2, 0) is 4.79 Å². The molecule has 0 bridgehead atoms. The third kappa shape index (κ3) is 2.91. The van der Waals surface area contributed by atoms with Crippen molar-refractivity contribution in [1.82, 2.24) is 14.8 Å². The van der Waals surface area contributed by atoms with Gasteiger partial charge in [-0.1, -0.05) is 23.5 Å². The number of fused-ring (bicyclic) bond motifs is 2. The third-order valence-electron chi connectivity index (χ3n) is 5.16. The van der Waals surface area contributed by atoms with E-state index >= 15 is 0 Å². The Bertz CT molecular complexity index is 1290. The molecule has 2 aromatic carbocycles. The number of amides is 1. The van der Waals surface area contributed by atoms with E-state index < -0.39 is 17.6 Å². The zero-order valence-electron chi connectivity index (χ0n) is 15.7. The van der Waals surface area contributed by atoms with E-state index in [2.05, 4.69) is 21.5 Å². The maximum atomic E-state index is 13.8. The van der Waals surface area contributed by atoms with Gasteiger partial charge in [-0.05, 0) is 49.2 Å². The van der Waals surface area contributed by atoms with Crippen LogP contribution in [0.5, 0.6) is 0 Å².